The molecule has 0 bridgehead atoms. The molecule has 124 valence electrons. The summed E-state index contributed by atoms with van der Waals surface area (Å²) in [5.41, 5.74) is 0.747. The van der Waals surface area contributed by atoms with Crippen LogP contribution in [-0.2, 0) is 10.0 Å². The van der Waals surface area contributed by atoms with Crippen molar-refractivity contribution in [2.75, 3.05) is 10.5 Å². The van der Waals surface area contributed by atoms with Gasteiger partial charge in [0.05, 0.1) is 18.1 Å². The average molecular weight is 336 g/mol. The first-order valence-electron chi connectivity index (χ1n) is 7.36. The summed E-state index contributed by atoms with van der Waals surface area (Å²) in [6, 6.07) is 9.63. The van der Waals surface area contributed by atoms with E-state index in [4.69, 9.17) is 4.42 Å². The SMILES string of the molecule is CCCS(=O)(=O)Nc1cccc(C(=O)N[C@H](C)c2ccco2)c1. The number of carbonyl (C=O) groups excluding carboxylic acids is 1. The third-order valence-corrected chi connectivity index (χ3v) is 4.68. The van der Waals surface area contributed by atoms with E-state index in [1.165, 1.54) is 6.07 Å². The summed E-state index contributed by atoms with van der Waals surface area (Å²) in [5, 5.41) is 2.80. The number of amides is 1. The first-order valence-corrected chi connectivity index (χ1v) is 9.01. The van der Waals surface area contributed by atoms with E-state index in [2.05, 4.69) is 10.0 Å². The van der Waals surface area contributed by atoms with Crippen LogP contribution < -0.4 is 10.0 Å². The molecule has 0 fully saturated rings. The van der Waals surface area contributed by atoms with Crippen LogP contribution in [0.5, 0.6) is 0 Å². The van der Waals surface area contributed by atoms with E-state index in [9.17, 15) is 13.2 Å². The Morgan fingerprint density at radius 1 is 1.26 bits per heavy atom. The smallest absolute Gasteiger partial charge is 0.251 e. The topological polar surface area (TPSA) is 88.4 Å². The van der Waals surface area contributed by atoms with Gasteiger partial charge in [0.2, 0.25) is 10.0 Å². The van der Waals surface area contributed by atoms with Gasteiger partial charge < -0.3 is 9.73 Å². The molecule has 0 saturated carbocycles. The van der Waals surface area contributed by atoms with Crippen molar-refractivity contribution < 1.29 is 17.6 Å². The first-order chi connectivity index (χ1) is 10.9. The molecular formula is C16H20N2O4S. The molecule has 1 aromatic heterocycles. The zero-order valence-electron chi connectivity index (χ0n) is 13.1. The maximum Gasteiger partial charge on any atom is 0.251 e. The maximum atomic E-state index is 12.3. The summed E-state index contributed by atoms with van der Waals surface area (Å²) in [4.78, 5) is 12.3. The summed E-state index contributed by atoms with van der Waals surface area (Å²) in [6.07, 6.45) is 2.07. The molecule has 2 rings (SSSR count). The lowest BCUT2D eigenvalue weighted by Crippen LogP contribution is -2.26. The first kappa shape index (κ1) is 17.1. The van der Waals surface area contributed by atoms with Crippen molar-refractivity contribution in [3.05, 3.63) is 54.0 Å². The van der Waals surface area contributed by atoms with Crippen LogP contribution in [0, 0.1) is 0 Å². The number of anilines is 1. The Labute approximate surface area is 135 Å². The normalized spacial score (nSPS) is 12.6. The number of furan rings is 1. The van der Waals surface area contributed by atoms with Gasteiger partial charge in [-0.15, -0.1) is 0 Å². The molecule has 6 nitrogen and oxygen atoms in total. The Hall–Kier alpha value is -2.28. The van der Waals surface area contributed by atoms with Crippen LogP contribution in [0.3, 0.4) is 0 Å². The van der Waals surface area contributed by atoms with Crippen molar-refractivity contribution in [2.24, 2.45) is 0 Å². The molecule has 7 heteroatoms. The number of rotatable bonds is 7. The summed E-state index contributed by atoms with van der Waals surface area (Å²) in [5.74, 6) is 0.391. The summed E-state index contributed by atoms with van der Waals surface area (Å²) in [6.45, 7) is 3.60. The van der Waals surface area contributed by atoms with E-state index < -0.39 is 10.0 Å². The second-order valence-electron chi connectivity index (χ2n) is 5.21. The third kappa shape index (κ3) is 4.85. The van der Waals surface area contributed by atoms with Crippen LogP contribution in [-0.4, -0.2) is 20.1 Å². The lowest BCUT2D eigenvalue weighted by atomic mass is 10.1. The van der Waals surface area contributed by atoms with E-state index in [1.807, 2.05) is 6.92 Å². The quantitative estimate of drug-likeness (QED) is 0.813. The molecule has 0 unspecified atom stereocenters. The van der Waals surface area contributed by atoms with Crippen molar-refractivity contribution in [3.63, 3.8) is 0 Å². The molecule has 0 aliphatic rings. The van der Waals surface area contributed by atoms with Crippen LogP contribution in [0.4, 0.5) is 5.69 Å². The van der Waals surface area contributed by atoms with E-state index in [1.54, 1.807) is 43.5 Å². The highest BCUT2D eigenvalue weighted by molar-refractivity contribution is 7.92. The molecular weight excluding hydrogens is 316 g/mol. The van der Waals surface area contributed by atoms with Crippen molar-refractivity contribution >= 4 is 21.6 Å². The minimum absolute atomic E-state index is 0.0406. The van der Waals surface area contributed by atoms with Gasteiger partial charge in [-0.25, -0.2) is 8.42 Å². The molecule has 0 spiro atoms. The van der Waals surface area contributed by atoms with Crippen molar-refractivity contribution in [1.82, 2.24) is 5.32 Å². The molecule has 1 atom stereocenters. The van der Waals surface area contributed by atoms with Gasteiger partial charge in [-0.05, 0) is 43.7 Å². The van der Waals surface area contributed by atoms with Crippen molar-refractivity contribution in [3.8, 4) is 0 Å². The molecule has 0 saturated heterocycles. The molecule has 2 N–H and O–H groups in total. The highest BCUT2D eigenvalue weighted by atomic mass is 32.2. The Kier molecular flexibility index (Phi) is 5.44. The van der Waals surface area contributed by atoms with Crippen molar-refractivity contribution in [1.29, 1.82) is 0 Å². The molecule has 0 radical (unpaired) electrons. The predicted octanol–water partition coefficient (Wildman–Crippen LogP) is 2.92. The average Bonchev–Trinajstić information content (AvgIpc) is 3.01. The molecule has 1 amide bonds. The fourth-order valence-corrected chi connectivity index (χ4v) is 3.24. The summed E-state index contributed by atoms with van der Waals surface area (Å²) >= 11 is 0. The second kappa shape index (κ2) is 7.32. The van der Waals surface area contributed by atoms with Gasteiger partial charge in [0, 0.05) is 11.3 Å². The fourth-order valence-electron chi connectivity index (χ4n) is 2.11. The van der Waals surface area contributed by atoms with Crippen LogP contribution in [0.1, 0.15) is 42.4 Å². The van der Waals surface area contributed by atoms with Gasteiger partial charge in [-0.1, -0.05) is 13.0 Å². The number of hydrogen-bond donors (Lipinski definition) is 2. The standard InChI is InChI=1S/C16H20N2O4S/c1-3-10-23(20,21)18-14-7-4-6-13(11-14)16(19)17-12(2)15-8-5-9-22-15/h4-9,11-12,18H,3,10H2,1-2H3,(H,17,19)/t12-/m1/s1. The minimum atomic E-state index is -3.38. The van der Waals surface area contributed by atoms with Gasteiger partial charge in [-0.2, -0.15) is 0 Å². The highest BCUT2D eigenvalue weighted by Crippen LogP contribution is 2.16. The van der Waals surface area contributed by atoms with Gasteiger partial charge >= 0.3 is 0 Å². The van der Waals surface area contributed by atoms with Crippen molar-refractivity contribution in [2.45, 2.75) is 26.3 Å². The summed E-state index contributed by atoms with van der Waals surface area (Å²) in [7, 11) is -3.38. The van der Waals surface area contributed by atoms with E-state index >= 15 is 0 Å². The number of carbonyl (C=O) groups is 1. The van der Waals surface area contributed by atoms with Crippen LogP contribution in [0.25, 0.3) is 0 Å². The van der Waals surface area contributed by atoms with E-state index in [0.29, 0.717) is 23.4 Å². The molecule has 0 aliphatic heterocycles. The Bertz CT molecular complexity index is 754. The van der Waals surface area contributed by atoms with Gasteiger partial charge in [0.25, 0.3) is 5.91 Å². The van der Waals surface area contributed by atoms with E-state index in [-0.39, 0.29) is 17.7 Å². The lowest BCUT2D eigenvalue weighted by molar-refractivity contribution is 0.0935. The number of benzene rings is 1. The molecule has 1 aromatic carbocycles. The minimum Gasteiger partial charge on any atom is -0.467 e. The van der Waals surface area contributed by atoms with Crippen LogP contribution >= 0.6 is 0 Å². The van der Waals surface area contributed by atoms with Gasteiger partial charge in [0.1, 0.15) is 5.76 Å². The van der Waals surface area contributed by atoms with Gasteiger partial charge in [-0.3, -0.25) is 9.52 Å². The van der Waals surface area contributed by atoms with E-state index in [0.717, 1.165) is 0 Å². The largest absolute Gasteiger partial charge is 0.467 e. The number of nitrogens with one attached hydrogen (secondary N) is 2. The molecule has 23 heavy (non-hydrogen) atoms. The monoisotopic (exact) mass is 336 g/mol. The Morgan fingerprint density at radius 2 is 2.04 bits per heavy atom. The maximum absolute atomic E-state index is 12.3. The second-order valence-corrected chi connectivity index (χ2v) is 7.05. The lowest BCUT2D eigenvalue weighted by Gasteiger charge is -2.12. The number of hydrogen-bond acceptors (Lipinski definition) is 4. The highest BCUT2D eigenvalue weighted by Gasteiger charge is 2.15. The molecule has 0 aliphatic carbocycles. The van der Waals surface area contributed by atoms with Crippen LogP contribution in [0.15, 0.2) is 47.1 Å². The molecule has 1 heterocycles. The Balaban J connectivity index is 2.08. The zero-order valence-corrected chi connectivity index (χ0v) is 13.9. The zero-order chi connectivity index (χ0) is 16.9. The predicted molar refractivity (Wildman–Crippen MR) is 88.7 cm³/mol. The Morgan fingerprint density at radius 3 is 2.70 bits per heavy atom. The third-order valence-electron chi connectivity index (χ3n) is 3.19. The molecule has 2 aromatic rings. The van der Waals surface area contributed by atoms with Crippen LogP contribution in [0.2, 0.25) is 0 Å². The fraction of sp³-hybridized carbons (Fsp3) is 0.312. The van der Waals surface area contributed by atoms with Gasteiger partial charge in [0.15, 0.2) is 0 Å². The number of sulfonamides is 1. The summed E-state index contributed by atoms with van der Waals surface area (Å²) < 4.78 is 31.3.